The van der Waals surface area contributed by atoms with Crippen LogP contribution in [-0.4, -0.2) is 34.3 Å². The quantitative estimate of drug-likeness (QED) is 0.805. The summed E-state index contributed by atoms with van der Waals surface area (Å²) < 4.78 is 4.87. The molecule has 0 aliphatic heterocycles. The van der Waals surface area contributed by atoms with Crippen LogP contribution in [0.25, 0.3) is 0 Å². The van der Waals surface area contributed by atoms with Gasteiger partial charge in [0, 0.05) is 11.8 Å². The minimum Gasteiger partial charge on any atom is -0.466 e. The molecule has 0 radical (unpaired) electrons. The van der Waals surface area contributed by atoms with Crippen LogP contribution in [-0.2, 0) is 25.5 Å². The van der Waals surface area contributed by atoms with Crippen LogP contribution in [0.1, 0.15) is 24.4 Å². The van der Waals surface area contributed by atoms with Crippen molar-refractivity contribution in [1.82, 2.24) is 4.98 Å². The fourth-order valence-corrected chi connectivity index (χ4v) is 2.68. The van der Waals surface area contributed by atoms with Gasteiger partial charge in [0.1, 0.15) is 0 Å². The van der Waals surface area contributed by atoms with E-state index in [1.807, 2.05) is 0 Å². The predicted molar refractivity (Wildman–Crippen MR) is 79.0 cm³/mol. The molecule has 0 unspecified atom stereocenters. The molecule has 1 heterocycles. The van der Waals surface area contributed by atoms with E-state index in [0.29, 0.717) is 17.4 Å². The molecule has 1 amide bonds. The molecule has 0 saturated carbocycles. The zero-order valence-electron chi connectivity index (χ0n) is 11.5. The third-order valence-corrected chi connectivity index (χ3v) is 4.04. The first kappa shape index (κ1) is 16.6. The number of carbonyl (C=O) groups excluding carboxylic acids is 3. The van der Waals surface area contributed by atoms with Gasteiger partial charge in [0.05, 0.1) is 24.5 Å². The lowest BCUT2D eigenvalue weighted by Crippen LogP contribution is -2.14. The third-order valence-electron chi connectivity index (χ3n) is 2.16. The molecule has 1 N–H and O–H groups in total. The second-order valence-corrected chi connectivity index (χ2v) is 6.07. The van der Waals surface area contributed by atoms with Gasteiger partial charge in [-0.2, -0.15) is 0 Å². The summed E-state index contributed by atoms with van der Waals surface area (Å²) in [6.45, 7) is 5.26. The molecule has 1 aromatic heterocycles. The van der Waals surface area contributed by atoms with E-state index in [4.69, 9.17) is 4.74 Å². The van der Waals surface area contributed by atoms with E-state index < -0.39 is 0 Å². The second kappa shape index (κ2) is 8.01. The smallest absolute Gasteiger partial charge is 0.311 e. The molecule has 6 nitrogen and oxygen atoms in total. The first-order valence-corrected chi connectivity index (χ1v) is 7.77. The molecule has 8 heteroatoms. The lowest BCUT2D eigenvalue weighted by molar-refractivity contribution is -0.142. The molecular weight excluding hydrogens is 300 g/mol. The normalized spacial score (nSPS) is 10.2. The monoisotopic (exact) mass is 316 g/mol. The highest BCUT2D eigenvalue weighted by atomic mass is 32.2. The van der Waals surface area contributed by atoms with Crippen molar-refractivity contribution in [3.05, 3.63) is 10.6 Å². The number of hydrogen-bond donors (Lipinski definition) is 1. The number of thiazole rings is 1. The lowest BCUT2D eigenvalue weighted by Gasteiger charge is -1.99. The maximum absolute atomic E-state index is 11.6. The van der Waals surface area contributed by atoms with Gasteiger partial charge in [-0.25, -0.2) is 4.98 Å². The first-order valence-electron chi connectivity index (χ1n) is 5.97. The number of nitrogens with one attached hydrogen (secondary N) is 1. The van der Waals surface area contributed by atoms with Crippen molar-refractivity contribution in [2.45, 2.75) is 27.2 Å². The molecule has 0 aromatic carbocycles. The first-order chi connectivity index (χ1) is 9.42. The number of ether oxygens (including phenoxy) is 1. The number of anilines is 1. The Morgan fingerprint density at radius 3 is 2.70 bits per heavy atom. The third kappa shape index (κ3) is 5.70. The zero-order valence-corrected chi connectivity index (χ0v) is 13.2. The number of carbonyl (C=O) groups is 3. The largest absolute Gasteiger partial charge is 0.466 e. The number of esters is 1. The van der Waals surface area contributed by atoms with Crippen LogP contribution in [0.4, 0.5) is 5.13 Å². The molecule has 1 aromatic rings. The number of thioether (sulfide) groups is 1. The highest BCUT2D eigenvalue weighted by Gasteiger charge is 2.14. The van der Waals surface area contributed by atoms with Crippen LogP contribution in [0.2, 0.25) is 0 Å². The molecule has 0 atom stereocenters. The van der Waals surface area contributed by atoms with E-state index in [9.17, 15) is 14.4 Å². The molecular formula is C12H16N2O4S2. The summed E-state index contributed by atoms with van der Waals surface area (Å²) >= 11 is 2.18. The Kier molecular flexibility index (Phi) is 6.66. The van der Waals surface area contributed by atoms with Crippen molar-refractivity contribution in [3.8, 4) is 0 Å². The Hall–Kier alpha value is -1.41. The van der Waals surface area contributed by atoms with Gasteiger partial charge in [-0.1, -0.05) is 11.8 Å². The van der Waals surface area contributed by atoms with E-state index in [1.165, 1.54) is 18.3 Å². The molecule has 0 bridgehead atoms. The number of hydrogen-bond acceptors (Lipinski definition) is 7. The Morgan fingerprint density at radius 2 is 2.10 bits per heavy atom. The van der Waals surface area contributed by atoms with E-state index >= 15 is 0 Å². The fraction of sp³-hybridized carbons (Fsp3) is 0.500. The molecule has 0 fully saturated rings. The summed E-state index contributed by atoms with van der Waals surface area (Å²) in [5.74, 6) is -0.549. The van der Waals surface area contributed by atoms with Crippen LogP contribution >= 0.6 is 23.1 Å². The number of nitrogens with zero attached hydrogens (tertiary/aromatic N) is 1. The van der Waals surface area contributed by atoms with Gasteiger partial charge in [-0.3, -0.25) is 14.4 Å². The van der Waals surface area contributed by atoms with Gasteiger partial charge in [0.25, 0.3) is 0 Å². The summed E-state index contributed by atoms with van der Waals surface area (Å²) in [5, 5.41) is 2.92. The van der Waals surface area contributed by atoms with E-state index in [1.54, 1.807) is 13.8 Å². The van der Waals surface area contributed by atoms with Crippen molar-refractivity contribution < 1.29 is 19.1 Å². The molecule has 0 aliphatic rings. The molecule has 0 aliphatic carbocycles. The second-order valence-electron chi connectivity index (χ2n) is 3.84. The van der Waals surface area contributed by atoms with Crippen molar-refractivity contribution in [1.29, 1.82) is 0 Å². The minimum atomic E-state index is -0.315. The maximum atomic E-state index is 11.6. The molecule has 0 saturated heterocycles. The number of aromatic nitrogens is 1. The number of aryl methyl sites for hydroxylation is 1. The van der Waals surface area contributed by atoms with Gasteiger partial charge in [0.15, 0.2) is 10.2 Å². The van der Waals surface area contributed by atoms with Gasteiger partial charge in [-0.05, 0) is 13.8 Å². The molecule has 1 rings (SSSR count). The number of rotatable bonds is 6. The van der Waals surface area contributed by atoms with Gasteiger partial charge < -0.3 is 10.1 Å². The Labute approximate surface area is 125 Å². The number of amides is 1. The van der Waals surface area contributed by atoms with Crippen LogP contribution < -0.4 is 5.32 Å². The molecule has 20 heavy (non-hydrogen) atoms. The van der Waals surface area contributed by atoms with Crippen molar-refractivity contribution in [2.24, 2.45) is 0 Å². The standard InChI is InChI=1S/C12H16N2O4S2/c1-4-18-11(17)5-9-7(2)13-12(20-9)14-10(16)6-19-8(3)15/h4-6H2,1-3H3,(H,13,14,16). The van der Waals surface area contributed by atoms with Crippen LogP contribution in [0.3, 0.4) is 0 Å². The van der Waals surface area contributed by atoms with Crippen LogP contribution in [0.5, 0.6) is 0 Å². The Bertz CT molecular complexity index is 514. The SMILES string of the molecule is CCOC(=O)Cc1sc(NC(=O)CSC(C)=O)nc1C. The van der Waals surface area contributed by atoms with Crippen molar-refractivity contribution >= 4 is 45.2 Å². The minimum absolute atomic E-state index is 0.0567. The Balaban J connectivity index is 2.58. The average Bonchev–Trinajstić information content (AvgIpc) is 2.67. The zero-order chi connectivity index (χ0) is 15.1. The topological polar surface area (TPSA) is 85.4 Å². The summed E-state index contributed by atoms with van der Waals surface area (Å²) in [6.07, 6.45) is 0.148. The van der Waals surface area contributed by atoms with Gasteiger partial charge in [0.2, 0.25) is 5.91 Å². The van der Waals surface area contributed by atoms with E-state index in [-0.39, 0.29) is 29.2 Å². The van der Waals surface area contributed by atoms with Gasteiger partial charge in [-0.15, -0.1) is 11.3 Å². The van der Waals surface area contributed by atoms with E-state index in [2.05, 4.69) is 10.3 Å². The van der Waals surface area contributed by atoms with Gasteiger partial charge >= 0.3 is 5.97 Å². The van der Waals surface area contributed by atoms with Crippen molar-refractivity contribution in [2.75, 3.05) is 17.7 Å². The van der Waals surface area contributed by atoms with Crippen LogP contribution in [0.15, 0.2) is 0 Å². The predicted octanol–water partition coefficient (Wildman–Crippen LogP) is 1.78. The maximum Gasteiger partial charge on any atom is 0.311 e. The van der Waals surface area contributed by atoms with E-state index in [0.717, 1.165) is 16.6 Å². The van der Waals surface area contributed by atoms with Crippen molar-refractivity contribution in [3.63, 3.8) is 0 Å². The summed E-state index contributed by atoms with van der Waals surface area (Å²) in [6, 6.07) is 0. The summed E-state index contributed by atoms with van der Waals surface area (Å²) in [5.41, 5.74) is 0.692. The lowest BCUT2D eigenvalue weighted by atomic mass is 10.3. The molecule has 0 spiro atoms. The molecule has 110 valence electrons. The summed E-state index contributed by atoms with van der Waals surface area (Å²) in [4.78, 5) is 38.7. The fourth-order valence-electron chi connectivity index (χ4n) is 1.31. The highest BCUT2D eigenvalue weighted by Crippen LogP contribution is 2.23. The highest BCUT2D eigenvalue weighted by molar-refractivity contribution is 8.14. The average molecular weight is 316 g/mol. The summed E-state index contributed by atoms with van der Waals surface area (Å²) in [7, 11) is 0. The van der Waals surface area contributed by atoms with Crippen LogP contribution in [0, 0.1) is 6.92 Å². The Morgan fingerprint density at radius 1 is 1.40 bits per heavy atom.